The quantitative estimate of drug-likeness (QED) is 0.809. The molecule has 1 aliphatic heterocycles. The van der Waals surface area contributed by atoms with E-state index in [0.717, 1.165) is 5.69 Å². The van der Waals surface area contributed by atoms with Crippen LogP contribution >= 0.6 is 0 Å². The van der Waals surface area contributed by atoms with E-state index in [9.17, 15) is 17.2 Å². The van der Waals surface area contributed by atoms with E-state index < -0.39 is 27.1 Å². The molecule has 1 unspecified atom stereocenters. The van der Waals surface area contributed by atoms with E-state index in [1.54, 1.807) is 0 Å². The smallest absolute Gasteiger partial charge is 0.253 e. The molecule has 1 N–H and O–H groups in total. The molecule has 136 valence electrons. The summed E-state index contributed by atoms with van der Waals surface area (Å²) in [4.78, 5) is 0. The summed E-state index contributed by atoms with van der Waals surface area (Å²) in [6.07, 6.45) is 0.298. The van der Waals surface area contributed by atoms with Gasteiger partial charge in [0.25, 0.3) is 5.92 Å². The Bertz CT molecular complexity index is 648. The van der Waals surface area contributed by atoms with Crippen LogP contribution in [0.5, 0.6) is 0 Å². The molecule has 2 rings (SSSR count). The van der Waals surface area contributed by atoms with Crippen LogP contribution < -0.4 is 5.32 Å². The second-order valence-corrected chi connectivity index (χ2v) is 9.02. The van der Waals surface area contributed by atoms with Gasteiger partial charge < -0.3 is 5.32 Å². The van der Waals surface area contributed by atoms with Gasteiger partial charge in [0.15, 0.2) is 0 Å². The van der Waals surface area contributed by atoms with Gasteiger partial charge in [-0.3, -0.25) is 0 Å². The van der Waals surface area contributed by atoms with E-state index in [-0.39, 0.29) is 12.5 Å². The number of halogens is 2. The normalized spacial score (nSPS) is 20.3. The number of benzene rings is 1. The SMILES string of the molecule is CCC(F)(F)C(C)(C)CS(=O)(=O)N1CCC(Nc2ccccc2)C1. The monoisotopic (exact) mass is 360 g/mol. The van der Waals surface area contributed by atoms with Crippen molar-refractivity contribution >= 4 is 15.7 Å². The van der Waals surface area contributed by atoms with Crippen LogP contribution in [0.2, 0.25) is 0 Å². The first-order valence-corrected chi connectivity index (χ1v) is 9.85. The molecule has 1 atom stereocenters. The van der Waals surface area contributed by atoms with Crippen molar-refractivity contribution in [2.75, 3.05) is 24.2 Å². The molecule has 1 fully saturated rings. The lowest BCUT2D eigenvalue weighted by Crippen LogP contribution is -2.45. The minimum atomic E-state index is -3.72. The molecule has 0 amide bonds. The lowest BCUT2D eigenvalue weighted by molar-refractivity contribution is -0.0971. The largest absolute Gasteiger partial charge is 0.381 e. The fourth-order valence-electron chi connectivity index (χ4n) is 3.00. The Morgan fingerprint density at radius 1 is 1.25 bits per heavy atom. The van der Waals surface area contributed by atoms with Crippen molar-refractivity contribution < 1.29 is 17.2 Å². The number of alkyl halides is 2. The van der Waals surface area contributed by atoms with Gasteiger partial charge >= 0.3 is 0 Å². The predicted molar refractivity (Wildman–Crippen MR) is 92.8 cm³/mol. The first-order valence-electron chi connectivity index (χ1n) is 8.25. The van der Waals surface area contributed by atoms with Crippen molar-refractivity contribution in [1.82, 2.24) is 4.31 Å². The number of nitrogens with one attached hydrogen (secondary N) is 1. The van der Waals surface area contributed by atoms with Crippen molar-refractivity contribution in [1.29, 1.82) is 0 Å². The Balaban J connectivity index is 2.01. The van der Waals surface area contributed by atoms with Crippen LogP contribution in [0.25, 0.3) is 0 Å². The minimum Gasteiger partial charge on any atom is -0.381 e. The average molecular weight is 360 g/mol. The topological polar surface area (TPSA) is 49.4 Å². The third-order valence-electron chi connectivity index (χ3n) is 4.67. The van der Waals surface area contributed by atoms with Crippen LogP contribution in [0.1, 0.15) is 33.6 Å². The highest BCUT2D eigenvalue weighted by molar-refractivity contribution is 7.89. The first kappa shape index (κ1) is 19.1. The molecule has 7 heteroatoms. The van der Waals surface area contributed by atoms with Crippen LogP contribution in [0.3, 0.4) is 0 Å². The van der Waals surface area contributed by atoms with Gasteiger partial charge in [0.1, 0.15) is 0 Å². The van der Waals surface area contributed by atoms with E-state index in [0.29, 0.717) is 19.5 Å². The van der Waals surface area contributed by atoms with Crippen molar-refractivity contribution in [3.05, 3.63) is 30.3 Å². The van der Waals surface area contributed by atoms with Gasteiger partial charge in [-0.25, -0.2) is 17.2 Å². The van der Waals surface area contributed by atoms with Crippen molar-refractivity contribution in [2.45, 2.75) is 45.6 Å². The second-order valence-electron chi connectivity index (χ2n) is 7.05. The Kier molecular flexibility index (Phi) is 5.54. The van der Waals surface area contributed by atoms with Gasteiger partial charge in [0.2, 0.25) is 10.0 Å². The lowest BCUT2D eigenvalue weighted by Gasteiger charge is -2.34. The predicted octanol–water partition coefficient (Wildman–Crippen LogP) is 3.57. The highest BCUT2D eigenvalue weighted by atomic mass is 32.2. The summed E-state index contributed by atoms with van der Waals surface area (Å²) in [6.45, 7) is 4.70. The molecule has 0 saturated carbocycles. The standard InChI is InChI=1S/C17H26F2N2O2S/c1-4-17(18,19)16(2,3)13-24(22,23)21-11-10-15(12-21)20-14-8-6-5-7-9-14/h5-9,15,20H,4,10-13H2,1-3H3. The minimum absolute atomic E-state index is 0.00280. The molecule has 0 radical (unpaired) electrons. The number of sulfonamides is 1. The average Bonchev–Trinajstić information content (AvgIpc) is 2.96. The maximum atomic E-state index is 14.0. The summed E-state index contributed by atoms with van der Waals surface area (Å²) in [7, 11) is -3.72. The number of nitrogens with zero attached hydrogens (tertiary/aromatic N) is 1. The Morgan fingerprint density at radius 3 is 2.46 bits per heavy atom. The number of rotatable bonds is 7. The van der Waals surface area contributed by atoms with Gasteiger partial charge in [-0.15, -0.1) is 0 Å². The zero-order valence-electron chi connectivity index (χ0n) is 14.4. The third-order valence-corrected chi connectivity index (χ3v) is 6.87. The summed E-state index contributed by atoms with van der Waals surface area (Å²) in [6, 6.07) is 9.55. The molecule has 0 aromatic heterocycles. The molecule has 1 heterocycles. The van der Waals surface area contributed by atoms with E-state index in [1.165, 1.54) is 25.1 Å². The molecule has 0 aliphatic carbocycles. The van der Waals surface area contributed by atoms with Crippen LogP contribution in [0.15, 0.2) is 30.3 Å². The fourth-order valence-corrected chi connectivity index (χ4v) is 5.10. The molecule has 0 spiro atoms. The molecular weight excluding hydrogens is 334 g/mol. The third kappa shape index (κ3) is 4.25. The summed E-state index contributed by atoms with van der Waals surface area (Å²) in [5.74, 6) is -3.56. The van der Waals surface area contributed by atoms with Gasteiger partial charge in [0, 0.05) is 36.7 Å². The van der Waals surface area contributed by atoms with Crippen LogP contribution in [0, 0.1) is 5.41 Å². The van der Waals surface area contributed by atoms with Crippen molar-refractivity contribution in [2.24, 2.45) is 5.41 Å². The number of hydrogen-bond acceptors (Lipinski definition) is 3. The molecule has 1 aromatic rings. The van der Waals surface area contributed by atoms with Crippen LogP contribution in [-0.4, -0.2) is 43.5 Å². The summed E-state index contributed by atoms with van der Waals surface area (Å²) < 4.78 is 54.5. The van der Waals surface area contributed by atoms with Gasteiger partial charge in [0.05, 0.1) is 5.75 Å². The van der Waals surface area contributed by atoms with E-state index in [4.69, 9.17) is 0 Å². The first-order chi connectivity index (χ1) is 11.1. The maximum Gasteiger partial charge on any atom is 0.253 e. The second kappa shape index (κ2) is 6.96. The highest BCUT2D eigenvalue weighted by Crippen LogP contribution is 2.40. The molecular formula is C17H26F2N2O2S. The number of hydrogen-bond donors (Lipinski definition) is 1. The van der Waals surface area contributed by atoms with Crippen LogP contribution in [-0.2, 0) is 10.0 Å². The molecule has 4 nitrogen and oxygen atoms in total. The van der Waals surface area contributed by atoms with Crippen LogP contribution in [0.4, 0.5) is 14.5 Å². The highest BCUT2D eigenvalue weighted by Gasteiger charge is 2.49. The zero-order chi connectivity index (χ0) is 18.0. The molecule has 0 bridgehead atoms. The lowest BCUT2D eigenvalue weighted by atomic mass is 9.86. The van der Waals surface area contributed by atoms with E-state index in [2.05, 4.69) is 5.32 Å². The van der Waals surface area contributed by atoms with Crippen molar-refractivity contribution in [3.8, 4) is 0 Å². The van der Waals surface area contributed by atoms with Gasteiger partial charge in [-0.05, 0) is 18.6 Å². The number of anilines is 1. The molecule has 24 heavy (non-hydrogen) atoms. The Hall–Kier alpha value is -1.21. The summed E-state index contributed by atoms with van der Waals surface area (Å²) in [5.41, 5.74) is -0.662. The van der Waals surface area contributed by atoms with Crippen molar-refractivity contribution in [3.63, 3.8) is 0 Å². The maximum absolute atomic E-state index is 14.0. The van der Waals surface area contributed by atoms with Gasteiger partial charge in [-0.2, -0.15) is 4.31 Å². The van der Waals surface area contributed by atoms with Gasteiger partial charge in [-0.1, -0.05) is 39.0 Å². The molecule has 1 aromatic carbocycles. The zero-order valence-corrected chi connectivity index (χ0v) is 15.2. The molecule has 1 saturated heterocycles. The molecule has 1 aliphatic rings. The van der Waals surface area contributed by atoms with E-state index in [1.807, 2.05) is 30.3 Å². The summed E-state index contributed by atoms with van der Waals surface area (Å²) in [5, 5.41) is 3.29. The fraction of sp³-hybridized carbons (Fsp3) is 0.647. The summed E-state index contributed by atoms with van der Waals surface area (Å²) >= 11 is 0. The Labute approximate surface area is 143 Å². The Morgan fingerprint density at radius 2 is 1.88 bits per heavy atom. The number of para-hydroxylation sites is 1. The van der Waals surface area contributed by atoms with E-state index >= 15 is 0 Å².